The summed E-state index contributed by atoms with van der Waals surface area (Å²) < 4.78 is 5.74. The Morgan fingerprint density at radius 2 is 1.84 bits per heavy atom. The number of hydrogen-bond donors (Lipinski definition) is 1. The van der Waals surface area contributed by atoms with E-state index in [0.717, 1.165) is 36.8 Å². The van der Waals surface area contributed by atoms with Crippen molar-refractivity contribution in [3.8, 4) is 11.5 Å². The third-order valence-electron chi connectivity index (χ3n) is 4.09. The Morgan fingerprint density at radius 1 is 1.16 bits per heavy atom. The average molecular weight is 425 g/mol. The van der Waals surface area contributed by atoms with Crippen LogP contribution in [-0.2, 0) is 0 Å². The molecule has 25 heavy (non-hydrogen) atoms. The highest BCUT2D eigenvalue weighted by molar-refractivity contribution is 9.10. The minimum Gasteiger partial charge on any atom is -0.503 e. The van der Waals surface area contributed by atoms with Crippen LogP contribution in [0.4, 0.5) is 5.69 Å². The van der Waals surface area contributed by atoms with Crippen LogP contribution in [0, 0.1) is 0 Å². The molecule has 1 heterocycles. The summed E-state index contributed by atoms with van der Waals surface area (Å²) in [6.45, 7) is 3.49. The van der Waals surface area contributed by atoms with E-state index >= 15 is 0 Å². The Balaban J connectivity index is 1.61. The number of nitrogens with zero attached hydrogens (tertiary/aromatic N) is 3. The van der Waals surface area contributed by atoms with Crippen molar-refractivity contribution in [3.05, 3.63) is 51.5 Å². The topological polar surface area (TPSA) is 48.3 Å². The van der Waals surface area contributed by atoms with Gasteiger partial charge in [-0.3, -0.25) is 5.01 Å². The molecule has 2 aromatic rings. The number of hydrogen-bond acceptors (Lipinski definition) is 5. The molecule has 1 aliphatic rings. The molecule has 0 radical (unpaired) electrons. The summed E-state index contributed by atoms with van der Waals surface area (Å²) >= 11 is 9.26. The van der Waals surface area contributed by atoms with Crippen LogP contribution in [0.1, 0.15) is 5.56 Å². The van der Waals surface area contributed by atoms with Crippen LogP contribution in [0.25, 0.3) is 0 Å². The van der Waals surface area contributed by atoms with Gasteiger partial charge in [-0.25, -0.2) is 0 Å². The highest BCUT2D eigenvalue weighted by Gasteiger charge is 2.15. The highest BCUT2D eigenvalue weighted by Crippen LogP contribution is 2.34. The van der Waals surface area contributed by atoms with Crippen LogP contribution in [0.3, 0.4) is 0 Å². The number of rotatable bonds is 4. The van der Waals surface area contributed by atoms with Gasteiger partial charge in [-0.2, -0.15) is 5.10 Å². The summed E-state index contributed by atoms with van der Waals surface area (Å²) in [6.07, 6.45) is 1.78. The van der Waals surface area contributed by atoms with Crippen molar-refractivity contribution in [1.29, 1.82) is 0 Å². The fraction of sp³-hybridized carbons (Fsp3) is 0.278. The van der Waals surface area contributed by atoms with Crippen LogP contribution < -0.4 is 9.64 Å². The van der Waals surface area contributed by atoms with Gasteiger partial charge in [-0.1, -0.05) is 11.6 Å². The minimum absolute atomic E-state index is 0.0937. The summed E-state index contributed by atoms with van der Waals surface area (Å²) in [6, 6.07) is 11.5. The van der Waals surface area contributed by atoms with Gasteiger partial charge in [0.2, 0.25) is 0 Å². The molecular formula is C18H19BrClN3O2. The number of hydrazone groups is 1. The molecule has 0 spiro atoms. The summed E-state index contributed by atoms with van der Waals surface area (Å²) in [4.78, 5) is 2.32. The molecule has 5 nitrogen and oxygen atoms in total. The number of methoxy groups -OCH3 is 1. The first-order valence-electron chi connectivity index (χ1n) is 7.93. The lowest BCUT2D eigenvalue weighted by Gasteiger charge is -2.34. The van der Waals surface area contributed by atoms with Crippen LogP contribution in [0.15, 0.2) is 46.0 Å². The molecule has 1 aliphatic heterocycles. The molecule has 3 rings (SSSR count). The van der Waals surface area contributed by atoms with E-state index in [9.17, 15) is 5.11 Å². The third-order valence-corrected chi connectivity index (χ3v) is 4.95. The lowest BCUT2D eigenvalue weighted by Crippen LogP contribution is -2.44. The SMILES string of the molecule is COc1cc(C=NN2CCN(c3ccc(Cl)cc3)CC2)cc(Br)c1O. The zero-order valence-corrected chi connectivity index (χ0v) is 16.2. The van der Waals surface area contributed by atoms with Crippen LogP contribution >= 0.6 is 27.5 Å². The van der Waals surface area contributed by atoms with Gasteiger partial charge in [0.25, 0.3) is 0 Å². The van der Waals surface area contributed by atoms with Gasteiger partial charge in [0.1, 0.15) is 0 Å². The van der Waals surface area contributed by atoms with Crippen molar-refractivity contribution in [2.75, 3.05) is 38.2 Å². The van der Waals surface area contributed by atoms with Gasteiger partial charge < -0.3 is 14.7 Å². The molecule has 0 aliphatic carbocycles. The van der Waals surface area contributed by atoms with Gasteiger partial charge in [0.05, 0.1) is 30.9 Å². The summed E-state index contributed by atoms with van der Waals surface area (Å²) in [5, 5.41) is 17.2. The predicted octanol–water partition coefficient (Wildman–Crippen LogP) is 3.97. The van der Waals surface area contributed by atoms with E-state index in [1.165, 1.54) is 12.8 Å². The molecule has 1 N–H and O–H groups in total. The van der Waals surface area contributed by atoms with E-state index in [4.69, 9.17) is 16.3 Å². The second kappa shape index (κ2) is 7.97. The number of anilines is 1. The number of halogens is 2. The van der Waals surface area contributed by atoms with Gasteiger partial charge in [-0.05, 0) is 57.9 Å². The summed E-state index contributed by atoms with van der Waals surface area (Å²) in [5.74, 6) is 0.514. The van der Waals surface area contributed by atoms with Crippen molar-refractivity contribution in [2.24, 2.45) is 5.10 Å². The number of benzene rings is 2. The van der Waals surface area contributed by atoms with Crippen molar-refractivity contribution in [1.82, 2.24) is 5.01 Å². The van der Waals surface area contributed by atoms with Gasteiger partial charge in [-0.15, -0.1) is 0 Å². The van der Waals surface area contributed by atoms with E-state index in [2.05, 4.69) is 25.9 Å². The molecular weight excluding hydrogens is 406 g/mol. The molecule has 1 fully saturated rings. The number of aromatic hydroxyl groups is 1. The van der Waals surface area contributed by atoms with Gasteiger partial charge in [0.15, 0.2) is 11.5 Å². The number of ether oxygens (including phenoxy) is 1. The van der Waals surface area contributed by atoms with Gasteiger partial charge in [0, 0.05) is 23.8 Å². The van der Waals surface area contributed by atoms with Crippen molar-refractivity contribution >= 4 is 39.4 Å². The molecule has 0 atom stereocenters. The molecule has 0 bridgehead atoms. The zero-order valence-electron chi connectivity index (χ0n) is 13.8. The molecule has 0 unspecified atom stereocenters. The fourth-order valence-corrected chi connectivity index (χ4v) is 3.28. The van der Waals surface area contributed by atoms with E-state index in [1.807, 2.05) is 35.3 Å². The molecule has 0 saturated carbocycles. The highest BCUT2D eigenvalue weighted by atomic mass is 79.9. The maximum Gasteiger partial charge on any atom is 0.172 e. The van der Waals surface area contributed by atoms with E-state index in [1.54, 1.807) is 12.3 Å². The Labute approximate surface area is 160 Å². The first-order chi connectivity index (χ1) is 12.1. The fourth-order valence-electron chi connectivity index (χ4n) is 2.69. The normalized spacial score (nSPS) is 15.0. The Hall–Kier alpha value is -1.92. The molecule has 0 amide bonds. The van der Waals surface area contributed by atoms with Crippen molar-refractivity contribution < 1.29 is 9.84 Å². The predicted molar refractivity (Wildman–Crippen MR) is 105 cm³/mol. The van der Waals surface area contributed by atoms with E-state index in [0.29, 0.717) is 10.2 Å². The average Bonchev–Trinajstić information content (AvgIpc) is 2.63. The number of piperazine rings is 1. The Bertz CT molecular complexity index is 760. The number of phenols is 1. The van der Waals surface area contributed by atoms with Crippen LogP contribution in [0.5, 0.6) is 11.5 Å². The lowest BCUT2D eigenvalue weighted by molar-refractivity contribution is 0.272. The van der Waals surface area contributed by atoms with Crippen LogP contribution in [-0.4, -0.2) is 49.6 Å². The lowest BCUT2D eigenvalue weighted by atomic mass is 10.2. The molecule has 7 heteroatoms. The Morgan fingerprint density at radius 3 is 2.48 bits per heavy atom. The summed E-state index contributed by atoms with van der Waals surface area (Å²) in [7, 11) is 1.53. The molecule has 1 saturated heterocycles. The van der Waals surface area contributed by atoms with Gasteiger partial charge >= 0.3 is 0 Å². The smallest absolute Gasteiger partial charge is 0.172 e. The second-order valence-corrected chi connectivity index (χ2v) is 7.01. The van der Waals surface area contributed by atoms with E-state index < -0.39 is 0 Å². The van der Waals surface area contributed by atoms with E-state index in [-0.39, 0.29) is 5.75 Å². The maximum absolute atomic E-state index is 9.85. The first-order valence-corrected chi connectivity index (χ1v) is 9.10. The minimum atomic E-state index is 0.0937. The molecule has 2 aromatic carbocycles. The molecule has 132 valence electrons. The van der Waals surface area contributed by atoms with Crippen LogP contribution in [0.2, 0.25) is 5.02 Å². The monoisotopic (exact) mass is 423 g/mol. The zero-order chi connectivity index (χ0) is 17.8. The van der Waals surface area contributed by atoms with Crippen molar-refractivity contribution in [2.45, 2.75) is 0 Å². The number of phenolic OH excluding ortho intramolecular Hbond substituents is 1. The van der Waals surface area contributed by atoms with Crippen molar-refractivity contribution in [3.63, 3.8) is 0 Å². The standard InChI is InChI=1S/C18H19BrClN3O2/c1-25-17-11-13(10-16(19)18(17)24)12-21-23-8-6-22(7-9-23)15-4-2-14(20)3-5-15/h2-5,10-12,24H,6-9H2,1H3. The quantitative estimate of drug-likeness (QED) is 0.755. The maximum atomic E-state index is 9.85. The molecule has 0 aromatic heterocycles. The third kappa shape index (κ3) is 4.38. The Kier molecular flexibility index (Phi) is 5.71. The summed E-state index contributed by atoms with van der Waals surface area (Å²) in [5.41, 5.74) is 2.04. The largest absolute Gasteiger partial charge is 0.503 e. The second-order valence-electron chi connectivity index (χ2n) is 5.72. The first kappa shape index (κ1) is 17.9.